The summed E-state index contributed by atoms with van der Waals surface area (Å²) in [6.07, 6.45) is 0.182. The first kappa shape index (κ1) is 18.4. The molecule has 0 fully saturated rings. The summed E-state index contributed by atoms with van der Waals surface area (Å²) in [5.74, 6) is -0.626. The Morgan fingerprint density at radius 2 is 1.48 bits per heavy atom. The van der Waals surface area contributed by atoms with Crippen molar-refractivity contribution in [2.24, 2.45) is 0 Å². The van der Waals surface area contributed by atoms with Crippen molar-refractivity contribution in [2.45, 2.75) is 6.42 Å². The summed E-state index contributed by atoms with van der Waals surface area (Å²) in [5.41, 5.74) is 1.07. The van der Waals surface area contributed by atoms with Crippen LogP contribution in [0.4, 0.5) is 20.2 Å². The second-order valence-corrected chi connectivity index (χ2v) is 5.79. The van der Waals surface area contributed by atoms with E-state index in [1.54, 1.807) is 24.3 Å². The molecule has 0 aliphatic rings. The molecule has 0 atom stereocenters. The molecule has 0 unspecified atom stereocenters. The lowest BCUT2D eigenvalue weighted by molar-refractivity contribution is -0.115. The molecule has 6 heteroatoms. The molecule has 2 N–H and O–H groups in total. The number of halogens is 2. The van der Waals surface area contributed by atoms with Crippen LogP contribution in [-0.4, -0.2) is 12.5 Å². The fraction of sp³-hybridized carbons (Fsp3) is 0.0952. The van der Waals surface area contributed by atoms with Crippen LogP contribution in [-0.2, 0) is 4.79 Å². The number of para-hydroxylation sites is 1. The Morgan fingerprint density at radius 3 is 2.19 bits per heavy atom. The molecule has 27 heavy (non-hydrogen) atoms. The lowest BCUT2D eigenvalue weighted by Crippen LogP contribution is -2.16. The van der Waals surface area contributed by atoms with Gasteiger partial charge in [-0.1, -0.05) is 18.2 Å². The summed E-state index contributed by atoms with van der Waals surface area (Å²) in [5, 5.41) is 5.65. The van der Waals surface area contributed by atoms with Crippen LogP contribution in [0.15, 0.2) is 72.8 Å². The largest absolute Gasteiger partial charge is 0.457 e. The van der Waals surface area contributed by atoms with E-state index in [0.717, 1.165) is 17.9 Å². The number of amides is 1. The van der Waals surface area contributed by atoms with Gasteiger partial charge in [-0.3, -0.25) is 4.79 Å². The summed E-state index contributed by atoms with van der Waals surface area (Å²) < 4.78 is 31.7. The average molecular weight is 368 g/mol. The highest BCUT2D eigenvalue weighted by molar-refractivity contribution is 5.91. The van der Waals surface area contributed by atoms with Gasteiger partial charge in [-0.15, -0.1) is 0 Å². The van der Waals surface area contributed by atoms with Crippen molar-refractivity contribution in [3.05, 3.63) is 84.4 Å². The van der Waals surface area contributed by atoms with Gasteiger partial charge in [0.05, 0.1) is 0 Å². The second-order valence-electron chi connectivity index (χ2n) is 5.79. The zero-order valence-electron chi connectivity index (χ0n) is 14.4. The molecule has 0 aliphatic carbocycles. The smallest absolute Gasteiger partial charge is 0.226 e. The molecule has 0 saturated heterocycles. The molecule has 138 valence electrons. The number of nitrogens with one attached hydrogen (secondary N) is 2. The Hall–Kier alpha value is -3.41. The minimum Gasteiger partial charge on any atom is -0.457 e. The predicted molar refractivity (Wildman–Crippen MR) is 101 cm³/mol. The quantitative estimate of drug-likeness (QED) is 0.603. The van der Waals surface area contributed by atoms with Crippen molar-refractivity contribution >= 4 is 17.3 Å². The van der Waals surface area contributed by atoms with E-state index in [1.165, 1.54) is 6.07 Å². The molecule has 0 aliphatic heterocycles. The maximum absolute atomic E-state index is 13.1. The van der Waals surface area contributed by atoms with Crippen molar-refractivity contribution < 1.29 is 18.3 Å². The van der Waals surface area contributed by atoms with Crippen LogP contribution in [0.2, 0.25) is 0 Å². The van der Waals surface area contributed by atoms with E-state index in [9.17, 15) is 13.6 Å². The molecule has 0 bridgehead atoms. The number of carbonyl (C=O) groups excluding carboxylic acids is 1. The number of hydrogen-bond acceptors (Lipinski definition) is 3. The van der Waals surface area contributed by atoms with Crippen molar-refractivity contribution in [3.63, 3.8) is 0 Å². The number of hydrogen-bond donors (Lipinski definition) is 2. The van der Waals surface area contributed by atoms with Crippen LogP contribution < -0.4 is 15.4 Å². The van der Waals surface area contributed by atoms with Gasteiger partial charge < -0.3 is 15.4 Å². The van der Waals surface area contributed by atoms with Gasteiger partial charge in [-0.25, -0.2) is 8.78 Å². The van der Waals surface area contributed by atoms with Gasteiger partial charge >= 0.3 is 0 Å². The molecule has 3 aromatic rings. The Balaban J connectivity index is 1.45. The number of carbonyl (C=O) groups is 1. The summed E-state index contributed by atoms with van der Waals surface area (Å²) in [4.78, 5) is 12.0. The lowest BCUT2D eigenvalue weighted by atomic mass is 10.2. The summed E-state index contributed by atoms with van der Waals surface area (Å²) in [6, 6.07) is 19.9. The Kier molecular flexibility index (Phi) is 5.99. The number of benzene rings is 3. The number of ether oxygens (including phenoxy) is 1. The third-order valence-electron chi connectivity index (χ3n) is 3.72. The SMILES string of the molecule is O=C(CCNc1ccc(F)c(F)c1)Nc1ccc(Oc2ccccc2)cc1. The summed E-state index contributed by atoms with van der Waals surface area (Å²) in [7, 11) is 0. The highest BCUT2D eigenvalue weighted by Crippen LogP contribution is 2.22. The first-order valence-electron chi connectivity index (χ1n) is 8.42. The average Bonchev–Trinajstić information content (AvgIpc) is 2.67. The highest BCUT2D eigenvalue weighted by Gasteiger charge is 2.05. The monoisotopic (exact) mass is 368 g/mol. The Morgan fingerprint density at radius 1 is 0.815 bits per heavy atom. The van der Waals surface area contributed by atoms with E-state index < -0.39 is 11.6 Å². The fourth-order valence-electron chi connectivity index (χ4n) is 2.38. The van der Waals surface area contributed by atoms with E-state index in [0.29, 0.717) is 23.7 Å². The van der Waals surface area contributed by atoms with Gasteiger partial charge in [-0.05, 0) is 54.6 Å². The van der Waals surface area contributed by atoms with Crippen molar-refractivity contribution in [2.75, 3.05) is 17.2 Å². The van der Waals surface area contributed by atoms with Crippen LogP contribution in [0.25, 0.3) is 0 Å². The van der Waals surface area contributed by atoms with E-state index >= 15 is 0 Å². The molecule has 3 aromatic carbocycles. The van der Waals surface area contributed by atoms with Gasteiger partial charge in [0, 0.05) is 24.3 Å². The fourth-order valence-corrected chi connectivity index (χ4v) is 2.38. The minimum absolute atomic E-state index is 0.182. The third-order valence-corrected chi connectivity index (χ3v) is 3.72. The highest BCUT2D eigenvalue weighted by atomic mass is 19.2. The van der Waals surface area contributed by atoms with Crippen LogP contribution >= 0.6 is 0 Å². The number of anilines is 2. The first-order valence-corrected chi connectivity index (χ1v) is 8.42. The van der Waals surface area contributed by atoms with Crippen LogP contribution in [0.1, 0.15) is 6.42 Å². The molecule has 0 saturated carbocycles. The lowest BCUT2D eigenvalue weighted by Gasteiger charge is -2.09. The predicted octanol–water partition coefficient (Wildman–Crippen LogP) is 5.20. The maximum Gasteiger partial charge on any atom is 0.226 e. The van der Waals surface area contributed by atoms with Crippen LogP contribution in [0, 0.1) is 11.6 Å². The Labute approximate surface area is 155 Å². The normalized spacial score (nSPS) is 10.3. The van der Waals surface area contributed by atoms with E-state index in [1.807, 2.05) is 30.3 Å². The molecule has 0 radical (unpaired) electrons. The van der Waals surface area contributed by atoms with Crippen LogP contribution in [0.3, 0.4) is 0 Å². The molecular formula is C21H18F2N2O2. The zero-order valence-corrected chi connectivity index (χ0v) is 14.4. The topological polar surface area (TPSA) is 50.4 Å². The summed E-state index contributed by atoms with van der Waals surface area (Å²) in [6.45, 7) is 0.298. The third kappa shape index (κ3) is 5.54. The molecule has 0 aromatic heterocycles. The van der Waals surface area contributed by atoms with Crippen LogP contribution in [0.5, 0.6) is 11.5 Å². The van der Waals surface area contributed by atoms with E-state index in [2.05, 4.69) is 10.6 Å². The van der Waals surface area contributed by atoms with Gasteiger partial charge in [0.15, 0.2) is 11.6 Å². The van der Waals surface area contributed by atoms with E-state index in [-0.39, 0.29) is 12.3 Å². The molecule has 4 nitrogen and oxygen atoms in total. The molecule has 3 rings (SSSR count). The molecule has 1 amide bonds. The van der Waals surface area contributed by atoms with Gasteiger partial charge in [0.1, 0.15) is 11.5 Å². The van der Waals surface area contributed by atoms with Crippen molar-refractivity contribution in [1.82, 2.24) is 0 Å². The van der Waals surface area contributed by atoms with E-state index in [4.69, 9.17) is 4.74 Å². The number of rotatable bonds is 7. The van der Waals surface area contributed by atoms with Crippen molar-refractivity contribution in [1.29, 1.82) is 0 Å². The van der Waals surface area contributed by atoms with Gasteiger partial charge in [-0.2, -0.15) is 0 Å². The molecular weight excluding hydrogens is 350 g/mol. The minimum atomic E-state index is -0.928. The molecule has 0 spiro atoms. The first-order chi connectivity index (χ1) is 13.1. The summed E-state index contributed by atoms with van der Waals surface area (Å²) >= 11 is 0. The molecule has 0 heterocycles. The van der Waals surface area contributed by atoms with Gasteiger partial charge in [0.2, 0.25) is 5.91 Å². The van der Waals surface area contributed by atoms with Crippen molar-refractivity contribution in [3.8, 4) is 11.5 Å². The van der Waals surface area contributed by atoms with Gasteiger partial charge in [0.25, 0.3) is 0 Å². The zero-order chi connectivity index (χ0) is 19.1. The standard InChI is InChI=1S/C21H18F2N2O2/c22-19-11-8-16(14-20(19)23)24-13-12-21(26)25-15-6-9-18(10-7-15)27-17-4-2-1-3-5-17/h1-11,14,24H,12-13H2,(H,25,26). The maximum atomic E-state index is 13.1. The Bertz CT molecular complexity index is 900. The second kappa shape index (κ2) is 8.80.